The number of carbonyl (C=O) groups excluding carboxylic acids is 1. The zero-order valence-electron chi connectivity index (χ0n) is 10.2. The van der Waals surface area contributed by atoms with E-state index in [0.717, 1.165) is 17.6 Å². The third-order valence-electron chi connectivity index (χ3n) is 2.73. The van der Waals surface area contributed by atoms with E-state index in [-0.39, 0.29) is 0 Å². The molecule has 92 valence electrons. The SMILES string of the molecule is CCc1cccc(Sc2ccc(C=O)c(N)c2)c1. The summed E-state index contributed by atoms with van der Waals surface area (Å²) in [6.45, 7) is 2.14. The summed E-state index contributed by atoms with van der Waals surface area (Å²) in [4.78, 5) is 12.9. The molecule has 0 aliphatic rings. The Bertz CT molecular complexity index is 566. The molecule has 2 nitrogen and oxygen atoms in total. The fourth-order valence-corrected chi connectivity index (χ4v) is 2.64. The summed E-state index contributed by atoms with van der Waals surface area (Å²) in [5.41, 5.74) is 8.19. The van der Waals surface area contributed by atoms with E-state index in [9.17, 15) is 4.79 Å². The fourth-order valence-electron chi connectivity index (χ4n) is 1.69. The van der Waals surface area contributed by atoms with E-state index in [0.29, 0.717) is 11.3 Å². The van der Waals surface area contributed by atoms with Gasteiger partial charge in [0.15, 0.2) is 6.29 Å². The molecule has 18 heavy (non-hydrogen) atoms. The van der Waals surface area contributed by atoms with Gasteiger partial charge in [-0.1, -0.05) is 30.8 Å². The summed E-state index contributed by atoms with van der Waals surface area (Å²) >= 11 is 1.65. The topological polar surface area (TPSA) is 43.1 Å². The molecule has 0 atom stereocenters. The highest BCUT2D eigenvalue weighted by Crippen LogP contribution is 2.30. The normalized spacial score (nSPS) is 10.3. The molecule has 0 heterocycles. The first-order valence-corrected chi connectivity index (χ1v) is 6.66. The second-order valence-corrected chi connectivity index (χ2v) is 5.16. The highest BCUT2D eigenvalue weighted by Gasteiger charge is 2.02. The Morgan fingerprint density at radius 1 is 1.17 bits per heavy atom. The first kappa shape index (κ1) is 12.7. The number of hydrogen-bond donors (Lipinski definition) is 1. The minimum absolute atomic E-state index is 0.529. The molecule has 0 amide bonds. The van der Waals surface area contributed by atoms with E-state index < -0.39 is 0 Å². The van der Waals surface area contributed by atoms with Gasteiger partial charge in [0.2, 0.25) is 0 Å². The van der Waals surface area contributed by atoms with Crippen molar-refractivity contribution in [2.75, 3.05) is 5.73 Å². The summed E-state index contributed by atoms with van der Waals surface area (Å²) in [5, 5.41) is 0. The molecule has 3 heteroatoms. The van der Waals surface area contributed by atoms with E-state index in [4.69, 9.17) is 5.73 Å². The predicted molar refractivity (Wildman–Crippen MR) is 76.2 cm³/mol. The Labute approximate surface area is 111 Å². The first-order chi connectivity index (χ1) is 8.72. The number of anilines is 1. The Morgan fingerprint density at radius 2 is 1.94 bits per heavy atom. The van der Waals surface area contributed by atoms with Crippen molar-refractivity contribution in [2.24, 2.45) is 0 Å². The molecular formula is C15H15NOS. The molecule has 0 aliphatic carbocycles. The van der Waals surface area contributed by atoms with Crippen molar-refractivity contribution in [3.63, 3.8) is 0 Å². The molecule has 0 spiro atoms. The summed E-state index contributed by atoms with van der Waals surface area (Å²) in [6.07, 6.45) is 1.81. The van der Waals surface area contributed by atoms with Crippen LogP contribution in [-0.4, -0.2) is 6.29 Å². The molecule has 0 bridgehead atoms. The second kappa shape index (κ2) is 5.74. The molecule has 0 saturated carbocycles. The van der Waals surface area contributed by atoms with Gasteiger partial charge in [-0.05, 0) is 42.3 Å². The first-order valence-electron chi connectivity index (χ1n) is 5.84. The minimum atomic E-state index is 0.529. The maximum absolute atomic E-state index is 10.7. The van der Waals surface area contributed by atoms with E-state index >= 15 is 0 Å². The van der Waals surface area contributed by atoms with Crippen molar-refractivity contribution in [1.29, 1.82) is 0 Å². The summed E-state index contributed by atoms with van der Waals surface area (Å²) in [7, 11) is 0. The van der Waals surface area contributed by atoms with Gasteiger partial charge in [0.05, 0.1) is 0 Å². The second-order valence-electron chi connectivity index (χ2n) is 4.01. The van der Waals surface area contributed by atoms with Gasteiger partial charge in [0.1, 0.15) is 0 Å². The third-order valence-corrected chi connectivity index (χ3v) is 3.71. The van der Waals surface area contributed by atoms with E-state index in [1.54, 1.807) is 17.8 Å². The monoisotopic (exact) mass is 257 g/mol. The minimum Gasteiger partial charge on any atom is -0.398 e. The zero-order valence-corrected chi connectivity index (χ0v) is 11.0. The lowest BCUT2D eigenvalue weighted by molar-refractivity contribution is 0.112. The van der Waals surface area contributed by atoms with Crippen LogP contribution in [0.25, 0.3) is 0 Å². The molecule has 0 unspecified atom stereocenters. The van der Waals surface area contributed by atoms with Crippen LogP contribution < -0.4 is 5.73 Å². The number of nitrogens with two attached hydrogens (primary N) is 1. The molecule has 0 aromatic heterocycles. The largest absolute Gasteiger partial charge is 0.398 e. The molecule has 0 fully saturated rings. The fraction of sp³-hybridized carbons (Fsp3) is 0.133. The highest BCUT2D eigenvalue weighted by molar-refractivity contribution is 7.99. The van der Waals surface area contributed by atoms with Gasteiger partial charge in [-0.2, -0.15) is 0 Å². The van der Waals surface area contributed by atoms with E-state index in [1.807, 2.05) is 12.1 Å². The van der Waals surface area contributed by atoms with Gasteiger partial charge in [0, 0.05) is 21.0 Å². The quantitative estimate of drug-likeness (QED) is 0.669. The summed E-state index contributed by atoms with van der Waals surface area (Å²) in [6, 6.07) is 13.9. The summed E-state index contributed by atoms with van der Waals surface area (Å²) in [5.74, 6) is 0. The molecule has 2 rings (SSSR count). The number of carbonyl (C=O) groups is 1. The van der Waals surface area contributed by atoms with Crippen LogP contribution in [0.5, 0.6) is 0 Å². The maximum atomic E-state index is 10.7. The van der Waals surface area contributed by atoms with Gasteiger partial charge < -0.3 is 5.73 Å². The molecule has 0 saturated heterocycles. The number of benzene rings is 2. The molecule has 0 aliphatic heterocycles. The van der Waals surface area contributed by atoms with Crippen LogP contribution in [-0.2, 0) is 6.42 Å². The molecule has 2 N–H and O–H groups in total. The van der Waals surface area contributed by atoms with Gasteiger partial charge >= 0.3 is 0 Å². The molecular weight excluding hydrogens is 242 g/mol. The lowest BCUT2D eigenvalue weighted by Gasteiger charge is -2.05. The zero-order chi connectivity index (χ0) is 13.0. The Morgan fingerprint density at radius 3 is 2.61 bits per heavy atom. The van der Waals surface area contributed by atoms with E-state index in [1.165, 1.54) is 10.5 Å². The molecule has 2 aromatic carbocycles. The van der Waals surface area contributed by atoms with Crippen molar-refractivity contribution in [3.05, 3.63) is 53.6 Å². The van der Waals surface area contributed by atoms with Crippen LogP contribution >= 0.6 is 11.8 Å². The van der Waals surface area contributed by atoms with Crippen molar-refractivity contribution < 1.29 is 4.79 Å². The number of rotatable bonds is 4. The Balaban J connectivity index is 2.22. The van der Waals surface area contributed by atoms with Crippen LogP contribution in [0.1, 0.15) is 22.8 Å². The number of nitrogen functional groups attached to an aromatic ring is 1. The van der Waals surface area contributed by atoms with Crippen LogP contribution in [0.4, 0.5) is 5.69 Å². The number of aldehydes is 1. The predicted octanol–water partition coefficient (Wildman–Crippen LogP) is 3.79. The standard InChI is InChI=1S/C15H15NOS/c1-2-11-4-3-5-13(8-11)18-14-7-6-12(10-17)15(16)9-14/h3-10H,2,16H2,1H3. The maximum Gasteiger partial charge on any atom is 0.152 e. The van der Waals surface area contributed by atoms with Crippen molar-refractivity contribution in [2.45, 2.75) is 23.1 Å². The van der Waals surface area contributed by atoms with Gasteiger partial charge in [-0.3, -0.25) is 4.79 Å². The average Bonchev–Trinajstić information content (AvgIpc) is 2.39. The molecule has 2 aromatic rings. The van der Waals surface area contributed by atoms with Crippen LogP contribution in [0.15, 0.2) is 52.3 Å². The average molecular weight is 257 g/mol. The third kappa shape index (κ3) is 2.93. The Kier molecular flexibility index (Phi) is 4.05. The number of hydrogen-bond acceptors (Lipinski definition) is 3. The Hall–Kier alpha value is -1.74. The molecule has 0 radical (unpaired) electrons. The van der Waals surface area contributed by atoms with Crippen LogP contribution in [0.2, 0.25) is 0 Å². The van der Waals surface area contributed by atoms with Crippen molar-refractivity contribution in [3.8, 4) is 0 Å². The van der Waals surface area contributed by atoms with Gasteiger partial charge in [-0.25, -0.2) is 0 Å². The summed E-state index contributed by atoms with van der Waals surface area (Å²) < 4.78 is 0. The lowest BCUT2D eigenvalue weighted by atomic mass is 10.2. The van der Waals surface area contributed by atoms with Crippen LogP contribution in [0, 0.1) is 0 Å². The number of aryl methyl sites for hydroxylation is 1. The van der Waals surface area contributed by atoms with Gasteiger partial charge in [-0.15, -0.1) is 0 Å². The van der Waals surface area contributed by atoms with Crippen LogP contribution in [0.3, 0.4) is 0 Å². The van der Waals surface area contributed by atoms with Crippen molar-refractivity contribution in [1.82, 2.24) is 0 Å². The highest BCUT2D eigenvalue weighted by atomic mass is 32.2. The van der Waals surface area contributed by atoms with Gasteiger partial charge in [0.25, 0.3) is 0 Å². The van der Waals surface area contributed by atoms with E-state index in [2.05, 4.69) is 31.2 Å². The smallest absolute Gasteiger partial charge is 0.152 e. The lowest BCUT2D eigenvalue weighted by Crippen LogP contribution is -1.92. The van der Waals surface area contributed by atoms with Crippen molar-refractivity contribution >= 4 is 23.7 Å².